The zero-order chi connectivity index (χ0) is 15.0. The lowest BCUT2D eigenvalue weighted by atomic mass is 10.2. The first-order valence-electron chi connectivity index (χ1n) is 7.24. The number of nitrogens with zero attached hydrogens (tertiary/aromatic N) is 3. The number of benzene rings is 1. The van der Waals surface area contributed by atoms with Crippen LogP contribution in [-0.2, 0) is 12.4 Å². The SMILES string of the molecule is CC(Cn1c(CCl)nc2cc(Cl)c(Cl)cc21)N1CCCC1. The zero-order valence-corrected chi connectivity index (χ0v) is 14.2. The third kappa shape index (κ3) is 3.02. The van der Waals surface area contributed by atoms with E-state index in [2.05, 4.69) is 21.4 Å². The second-order valence-electron chi connectivity index (χ2n) is 5.62. The smallest absolute Gasteiger partial charge is 0.124 e. The fourth-order valence-corrected chi connectivity index (χ4v) is 3.56. The monoisotopic (exact) mass is 345 g/mol. The lowest BCUT2D eigenvalue weighted by molar-refractivity contribution is 0.236. The number of fused-ring (bicyclic) bond motifs is 1. The molecule has 1 aromatic carbocycles. The minimum Gasteiger partial charge on any atom is -0.325 e. The van der Waals surface area contributed by atoms with Crippen molar-refractivity contribution < 1.29 is 0 Å². The van der Waals surface area contributed by atoms with Gasteiger partial charge in [-0.25, -0.2) is 4.98 Å². The van der Waals surface area contributed by atoms with Gasteiger partial charge in [0.05, 0.1) is 27.0 Å². The molecule has 0 amide bonds. The molecule has 114 valence electrons. The normalized spacial score (nSPS) is 17.7. The quantitative estimate of drug-likeness (QED) is 0.756. The molecule has 1 aromatic heterocycles. The predicted molar refractivity (Wildman–Crippen MR) is 89.6 cm³/mol. The first kappa shape index (κ1) is 15.4. The molecule has 1 aliphatic rings. The fourth-order valence-electron chi connectivity index (χ4n) is 3.04. The lowest BCUT2D eigenvalue weighted by Crippen LogP contribution is -2.34. The third-order valence-corrected chi connectivity index (χ3v) is 5.16. The Balaban J connectivity index is 1.97. The molecule has 1 unspecified atom stereocenters. The van der Waals surface area contributed by atoms with Gasteiger partial charge in [0, 0.05) is 12.6 Å². The van der Waals surface area contributed by atoms with E-state index in [1.54, 1.807) is 0 Å². The van der Waals surface area contributed by atoms with E-state index >= 15 is 0 Å². The summed E-state index contributed by atoms with van der Waals surface area (Å²) in [6.07, 6.45) is 2.58. The summed E-state index contributed by atoms with van der Waals surface area (Å²) in [6, 6.07) is 4.16. The molecule has 0 saturated carbocycles. The summed E-state index contributed by atoms with van der Waals surface area (Å²) in [5, 5.41) is 1.09. The van der Waals surface area contributed by atoms with Crippen molar-refractivity contribution >= 4 is 45.8 Å². The molecule has 0 spiro atoms. The number of alkyl halides is 1. The Morgan fingerprint density at radius 1 is 1.19 bits per heavy atom. The van der Waals surface area contributed by atoms with E-state index in [-0.39, 0.29) is 0 Å². The molecule has 2 aromatic rings. The molecule has 0 aliphatic carbocycles. The van der Waals surface area contributed by atoms with Gasteiger partial charge in [0.25, 0.3) is 0 Å². The standard InChI is InChI=1S/C15H18Cl3N3/c1-10(20-4-2-3-5-20)9-21-14-7-12(18)11(17)6-13(14)19-15(21)8-16/h6-7,10H,2-5,8-9H2,1H3. The van der Waals surface area contributed by atoms with Gasteiger partial charge in [-0.2, -0.15) is 0 Å². The lowest BCUT2D eigenvalue weighted by Gasteiger charge is -2.25. The number of likely N-dealkylation sites (tertiary alicyclic amines) is 1. The number of imidazole rings is 1. The number of hydrogen-bond acceptors (Lipinski definition) is 2. The fraction of sp³-hybridized carbons (Fsp3) is 0.533. The summed E-state index contributed by atoms with van der Waals surface area (Å²) < 4.78 is 2.17. The highest BCUT2D eigenvalue weighted by atomic mass is 35.5. The van der Waals surface area contributed by atoms with Crippen LogP contribution in [0.15, 0.2) is 12.1 Å². The molecule has 0 N–H and O–H groups in total. The summed E-state index contributed by atoms with van der Waals surface area (Å²) in [6.45, 7) is 5.48. The maximum absolute atomic E-state index is 6.16. The molecule has 3 rings (SSSR count). The summed E-state index contributed by atoms with van der Waals surface area (Å²) in [5.74, 6) is 1.26. The topological polar surface area (TPSA) is 21.1 Å². The average Bonchev–Trinajstić information content (AvgIpc) is 3.09. The summed E-state index contributed by atoms with van der Waals surface area (Å²) in [7, 11) is 0. The van der Waals surface area contributed by atoms with Crippen molar-refractivity contribution in [3.05, 3.63) is 28.0 Å². The molecule has 2 heterocycles. The molecule has 1 fully saturated rings. The summed E-state index contributed by atoms with van der Waals surface area (Å²) in [5.41, 5.74) is 1.86. The number of hydrogen-bond donors (Lipinski definition) is 0. The van der Waals surface area contributed by atoms with Crippen LogP contribution in [-0.4, -0.2) is 33.6 Å². The van der Waals surface area contributed by atoms with E-state index in [4.69, 9.17) is 34.8 Å². The van der Waals surface area contributed by atoms with Crippen LogP contribution in [0.5, 0.6) is 0 Å². The number of halogens is 3. The second kappa shape index (κ2) is 6.33. The van der Waals surface area contributed by atoms with Crippen LogP contribution in [0.1, 0.15) is 25.6 Å². The molecular formula is C15H18Cl3N3. The van der Waals surface area contributed by atoms with Crippen LogP contribution < -0.4 is 0 Å². The second-order valence-corrected chi connectivity index (χ2v) is 6.70. The van der Waals surface area contributed by atoms with Crippen LogP contribution >= 0.6 is 34.8 Å². The Labute approximate surface area is 139 Å². The van der Waals surface area contributed by atoms with E-state index in [1.165, 1.54) is 25.9 Å². The highest BCUT2D eigenvalue weighted by molar-refractivity contribution is 6.42. The Hall–Kier alpha value is -0.480. The van der Waals surface area contributed by atoms with Crippen LogP contribution in [0.2, 0.25) is 10.0 Å². The van der Waals surface area contributed by atoms with Crippen molar-refractivity contribution in [3.63, 3.8) is 0 Å². The van der Waals surface area contributed by atoms with Crippen molar-refractivity contribution in [2.45, 2.75) is 38.2 Å². The van der Waals surface area contributed by atoms with Gasteiger partial charge in [-0.3, -0.25) is 4.90 Å². The minimum atomic E-state index is 0.386. The zero-order valence-electron chi connectivity index (χ0n) is 12.0. The van der Waals surface area contributed by atoms with Gasteiger partial charge < -0.3 is 4.57 Å². The largest absolute Gasteiger partial charge is 0.325 e. The molecule has 1 atom stereocenters. The van der Waals surface area contributed by atoms with Gasteiger partial charge in [0.1, 0.15) is 5.82 Å². The third-order valence-electron chi connectivity index (χ3n) is 4.20. The Bertz CT molecular complexity index is 647. The van der Waals surface area contributed by atoms with Gasteiger partial charge >= 0.3 is 0 Å². The van der Waals surface area contributed by atoms with Gasteiger partial charge in [-0.05, 0) is 45.0 Å². The van der Waals surface area contributed by atoms with E-state index in [0.29, 0.717) is 22.0 Å². The highest BCUT2D eigenvalue weighted by Gasteiger charge is 2.21. The number of aromatic nitrogens is 2. The molecule has 21 heavy (non-hydrogen) atoms. The minimum absolute atomic E-state index is 0.386. The predicted octanol–water partition coefficient (Wildman–Crippen LogP) is 4.57. The van der Waals surface area contributed by atoms with Crippen molar-refractivity contribution in [1.29, 1.82) is 0 Å². The van der Waals surface area contributed by atoms with Crippen molar-refractivity contribution in [3.8, 4) is 0 Å². The van der Waals surface area contributed by atoms with Gasteiger partial charge in [0.15, 0.2) is 0 Å². The first-order chi connectivity index (χ1) is 10.1. The van der Waals surface area contributed by atoms with E-state index in [0.717, 1.165) is 23.4 Å². The van der Waals surface area contributed by atoms with Crippen LogP contribution in [0.4, 0.5) is 0 Å². The van der Waals surface area contributed by atoms with Crippen LogP contribution in [0, 0.1) is 0 Å². The van der Waals surface area contributed by atoms with Crippen molar-refractivity contribution in [2.75, 3.05) is 13.1 Å². The van der Waals surface area contributed by atoms with Crippen molar-refractivity contribution in [1.82, 2.24) is 14.5 Å². The van der Waals surface area contributed by atoms with Gasteiger partial charge in [0.2, 0.25) is 0 Å². The average molecular weight is 347 g/mol. The van der Waals surface area contributed by atoms with Crippen molar-refractivity contribution in [2.24, 2.45) is 0 Å². The summed E-state index contributed by atoms with van der Waals surface area (Å²) >= 11 is 18.3. The van der Waals surface area contributed by atoms with Crippen LogP contribution in [0.25, 0.3) is 11.0 Å². The molecule has 6 heteroatoms. The molecule has 0 radical (unpaired) electrons. The molecule has 1 saturated heterocycles. The number of rotatable bonds is 4. The van der Waals surface area contributed by atoms with Gasteiger partial charge in [-0.1, -0.05) is 23.2 Å². The van der Waals surface area contributed by atoms with E-state index < -0.39 is 0 Å². The Morgan fingerprint density at radius 2 is 1.86 bits per heavy atom. The summed E-state index contributed by atoms with van der Waals surface area (Å²) in [4.78, 5) is 7.10. The molecule has 0 bridgehead atoms. The first-order valence-corrected chi connectivity index (χ1v) is 8.53. The van der Waals surface area contributed by atoms with E-state index in [1.807, 2.05) is 12.1 Å². The highest BCUT2D eigenvalue weighted by Crippen LogP contribution is 2.29. The molecule has 1 aliphatic heterocycles. The molecule has 3 nitrogen and oxygen atoms in total. The van der Waals surface area contributed by atoms with Crippen LogP contribution in [0.3, 0.4) is 0 Å². The Morgan fingerprint density at radius 3 is 2.52 bits per heavy atom. The maximum Gasteiger partial charge on any atom is 0.124 e. The van der Waals surface area contributed by atoms with Gasteiger partial charge in [-0.15, -0.1) is 11.6 Å². The maximum atomic E-state index is 6.16. The Kier molecular flexibility index (Phi) is 4.65. The molecular weight excluding hydrogens is 329 g/mol. The van der Waals surface area contributed by atoms with E-state index in [9.17, 15) is 0 Å².